The van der Waals surface area contributed by atoms with Crippen LogP contribution in [0.1, 0.15) is 39.2 Å². The lowest BCUT2D eigenvalue weighted by Crippen LogP contribution is -2.37. The number of amides is 2. The molecule has 1 N–H and O–H groups in total. The minimum absolute atomic E-state index is 0.222. The molecule has 1 aliphatic rings. The Balaban J connectivity index is 1.81. The Hall–Kier alpha value is -2.41. The number of rotatable bonds is 6. The second kappa shape index (κ2) is 8.14. The lowest BCUT2D eigenvalue weighted by Gasteiger charge is -2.27. The minimum Gasteiger partial charge on any atom is -0.465 e. The molecule has 29 heavy (non-hydrogen) atoms. The molecule has 8 heteroatoms. The lowest BCUT2D eigenvalue weighted by molar-refractivity contribution is 0.0216. The van der Waals surface area contributed by atoms with Crippen molar-refractivity contribution >= 4 is 34.7 Å². The fourth-order valence-corrected chi connectivity index (χ4v) is 3.45. The molecule has 1 fully saturated rings. The van der Waals surface area contributed by atoms with Crippen LogP contribution in [0.15, 0.2) is 24.4 Å². The van der Waals surface area contributed by atoms with Crippen LogP contribution in [0.25, 0.3) is 10.9 Å². The van der Waals surface area contributed by atoms with E-state index in [9.17, 15) is 9.59 Å². The molecule has 0 saturated heterocycles. The molecule has 1 heterocycles. The molecule has 2 amide bonds. The highest BCUT2D eigenvalue weighted by Gasteiger charge is 2.35. The highest BCUT2D eigenvalue weighted by molar-refractivity contribution is 6.35. The number of benzene rings is 1. The molecular weight excluding hydrogens is 394 g/mol. The van der Waals surface area contributed by atoms with Gasteiger partial charge in [-0.15, -0.1) is 0 Å². The van der Waals surface area contributed by atoms with Crippen LogP contribution in [-0.2, 0) is 17.8 Å². The summed E-state index contributed by atoms with van der Waals surface area (Å²) in [7, 11) is 1.54. The number of ether oxygens (including phenoxy) is 1. The predicted octanol–water partition coefficient (Wildman–Crippen LogP) is 4.80. The summed E-state index contributed by atoms with van der Waals surface area (Å²) >= 11 is 6.36. The Kier molecular flexibility index (Phi) is 5.98. The fourth-order valence-electron chi connectivity index (χ4n) is 3.18. The van der Waals surface area contributed by atoms with Gasteiger partial charge in [0.25, 0.3) is 0 Å². The zero-order valence-electron chi connectivity index (χ0n) is 17.3. The summed E-state index contributed by atoms with van der Waals surface area (Å²) in [6.45, 7) is 6.91. The van der Waals surface area contributed by atoms with Crippen molar-refractivity contribution in [3.05, 3.63) is 35.0 Å². The predicted molar refractivity (Wildman–Crippen MR) is 112 cm³/mol. The van der Waals surface area contributed by atoms with Gasteiger partial charge in [0.1, 0.15) is 5.60 Å². The average Bonchev–Trinajstić information content (AvgIpc) is 3.41. The second-order valence-electron chi connectivity index (χ2n) is 8.57. The molecule has 0 atom stereocenters. The van der Waals surface area contributed by atoms with Crippen LogP contribution in [0.4, 0.5) is 9.59 Å². The number of aromatic nitrogens is 1. The van der Waals surface area contributed by atoms with E-state index in [1.165, 1.54) is 11.9 Å². The Bertz CT molecular complexity index is 915. The van der Waals surface area contributed by atoms with Crippen LogP contribution in [0.3, 0.4) is 0 Å². The van der Waals surface area contributed by atoms with E-state index in [0.717, 1.165) is 29.3 Å². The molecule has 0 unspecified atom stereocenters. The largest absolute Gasteiger partial charge is 0.465 e. The van der Waals surface area contributed by atoms with E-state index in [1.54, 1.807) is 4.90 Å². The maximum atomic E-state index is 12.6. The van der Waals surface area contributed by atoms with Gasteiger partial charge in [0.15, 0.2) is 0 Å². The monoisotopic (exact) mass is 421 g/mol. The zero-order valence-corrected chi connectivity index (χ0v) is 18.1. The molecule has 1 aromatic carbocycles. The van der Waals surface area contributed by atoms with Gasteiger partial charge >= 0.3 is 12.2 Å². The first-order valence-corrected chi connectivity index (χ1v) is 10.1. The highest BCUT2D eigenvalue weighted by atomic mass is 35.5. The third-order valence-corrected chi connectivity index (χ3v) is 5.17. The standard InChI is InChI=1S/C21H28ClN3O4/c1-21(2,3)29-20(28)25(15-6-7-15)12-14-5-8-16-17(22)13-24(18(16)11-14)10-9-23(4)19(26)27/h5,8,11,13,15H,6-7,9-10,12H2,1-4H3,(H,26,27). The number of carbonyl (C=O) groups excluding carboxylic acids is 1. The third-order valence-electron chi connectivity index (χ3n) is 4.87. The maximum absolute atomic E-state index is 12.6. The van der Waals surface area contributed by atoms with Crippen LogP contribution in [0.5, 0.6) is 0 Å². The number of hydrogen-bond donors (Lipinski definition) is 1. The quantitative estimate of drug-likeness (QED) is 0.726. The summed E-state index contributed by atoms with van der Waals surface area (Å²) in [4.78, 5) is 26.7. The summed E-state index contributed by atoms with van der Waals surface area (Å²) in [6.07, 6.45) is 2.54. The Morgan fingerprint density at radius 1 is 1.31 bits per heavy atom. The molecule has 1 saturated carbocycles. The molecule has 3 rings (SSSR count). The second-order valence-corrected chi connectivity index (χ2v) is 8.97. The van der Waals surface area contributed by atoms with Crippen LogP contribution >= 0.6 is 11.6 Å². The van der Waals surface area contributed by atoms with Crippen molar-refractivity contribution in [3.63, 3.8) is 0 Å². The van der Waals surface area contributed by atoms with E-state index in [-0.39, 0.29) is 12.1 Å². The molecule has 0 radical (unpaired) electrons. The molecule has 1 aromatic heterocycles. The van der Waals surface area contributed by atoms with E-state index < -0.39 is 11.7 Å². The SMILES string of the molecule is CN(CCn1cc(Cl)c2ccc(CN(C(=O)OC(C)(C)C)C3CC3)cc21)C(=O)O. The molecule has 0 bridgehead atoms. The number of halogens is 1. The smallest absolute Gasteiger partial charge is 0.410 e. The van der Waals surface area contributed by atoms with Crippen molar-refractivity contribution in [2.75, 3.05) is 13.6 Å². The first kappa shape index (κ1) is 21.3. The number of likely N-dealkylation sites (N-methyl/N-ethyl adjacent to an activating group) is 1. The van der Waals surface area contributed by atoms with Crippen molar-refractivity contribution in [1.29, 1.82) is 0 Å². The number of fused-ring (bicyclic) bond motifs is 1. The van der Waals surface area contributed by atoms with Crippen LogP contribution in [0, 0.1) is 0 Å². The third kappa shape index (κ3) is 5.35. The maximum Gasteiger partial charge on any atom is 0.410 e. The van der Waals surface area contributed by atoms with Gasteiger partial charge in [-0.1, -0.05) is 23.7 Å². The molecule has 2 aromatic rings. The van der Waals surface area contributed by atoms with Gasteiger partial charge in [0.05, 0.1) is 5.02 Å². The Morgan fingerprint density at radius 2 is 2.00 bits per heavy atom. The molecule has 0 spiro atoms. The normalized spacial score (nSPS) is 14.1. The number of hydrogen-bond acceptors (Lipinski definition) is 3. The Labute approximate surface area is 175 Å². The van der Waals surface area contributed by atoms with Gasteiger partial charge in [-0.3, -0.25) is 0 Å². The molecule has 1 aliphatic carbocycles. The lowest BCUT2D eigenvalue weighted by atomic mass is 10.1. The summed E-state index contributed by atoms with van der Waals surface area (Å²) < 4.78 is 7.53. The van der Waals surface area contributed by atoms with Gasteiger partial charge in [-0.25, -0.2) is 9.59 Å². The van der Waals surface area contributed by atoms with Gasteiger partial charge in [0, 0.05) is 49.8 Å². The summed E-state index contributed by atoms with van der Waals surface area (Å²) in [5.41, 5.74) is 1.37. The van der Waals surface area contributed by atoms with Crippen LogP contribution in [0.2, 0.25) is 5.02 Å². The van der Waals surface area contributed by atoms with Crippen molar-refractivity contribution in [3.8, 4) is 0 Å². The van der Waals surface area contributed by atoms with Gasteiger partial charge in [-0.05, 0) is 45.2 Å². The van der Waals surface area contributed by atoms with Crippen molar-refractivity contribution in [2.24, 2.45) is 0 Å². The van der Waals surface area contributed by atoms with E-state index in [1.807, 2.05) is 49.7 Å². The number of carboxylic acid groups (broad SMARTS) is 1. The van der Waals surface area contributed by atoms with E-state index >= 15 is 0 Å². The number of nitrogens with zero attached hydrogens (tertiary/aromatic N) is 3. The zero-order chi connectivity index (χ0) is 21.3. The number of carbonyl (C=O) groups is 2. The Morgan fingerprint density at radius 3 is 2.59 bits per heavy atom. The first-order chi connectivity index (χ1) is 13.5. The topological polar surface area (TPSA) is 75.0 Å². The van der Waals surface area contributed by atoms with Crippen molar-refractivity contribution < 1.29 is 19.4 Å². The fraction of sp³-hybridized carbons (Fsp3) is 0.524. The van der Waals surface area contributed by atoms with E-state index in [2.05, 4.69) is 0 Å². The molecule has 158 valence electrons. The minimum atomic E-state index is -0.967. The molecular formula is C21H28ClN3O4. The first-order valence-electron chi connectivity index (χ1n) is 9.76. The van der Waals surface area contributed by atoms with Gasteiger partial charge in [-0.2, -0.15) is 0 Å². The van der Waals surface area contributed by atoms with Gasteiger partial charge in [0.2, 0.25) is 0 Å². The van der Waals surface area contributed by atoms with Crippen molar-refractivity contribution in [2.45, 2.75) is 58.3 Å². The highest BCUT2D eigenvalue weighted by Crippen LogP contribution is 2.32. The van der Waals surface area contributed by atoms with E-state index in [0.29, 0.717) is 24.7 Å². The molecule has 7 nitrogen and oxygen atoms in total. The average molecular weight is 422 g/mol. The summed E-state index contributed by atoms with van der Waals surface area (Å²) in [6, 6.07) is 6.16. The van der Waals surface area contributed by atoms with Crippen LogP contribution < -0.4 is 0 Å². The summed E-state index contributed by atoms with van der Waals surface area (Å²) in [5, 5.41) is 10.6. The van der Waals surface area contributed by atoms with Crippen LogP contribution in [-0.4, -0.2) is 56.9 Å². The van der Waals surface area contributed by atoms with Crippen molar-refractivity contribution in [1.82, 2.24) is 14.4 Å². The molecule has 0 aliphatic heterocycles. The summed E-state index contributed by atoms with van der Waals surface area (Å²) in [5.74, 6) is 0. The van der Waals surface area contributed by atoms with E-state index in [4.69, 9.17) is 21.4 Å². The van der Waals surface area contributed by atoms with Gasteiger partial charge < -0.3 is 24.2 Å².